The second kappa shape index (κ2) is 11.8. The zero-order valence-electron chi connectivity index (χ0n) is 13.3. The molecule has 1 aliphatic carbocycles. The minimum absolute atomic E-state index is 0. The number of rotatable bonds is 8. The molecule has 1 fully saturated rings. The number of ether oxygens (including phenoxy) is 1. The van der Waals surface area contributed by atoms with Gasteiger partial charge in [-0.25, -0.2) is 0 Å². The van der Waals surface area contributed by atoms with Crippen LogP contribution < -0.4 is 10.6 Å². The van der Waals surface area contributed by atoms with Gasteiger partial charge in [0.25, 0.3) is 0 Å². The summed E-state index contributed by atoms with van der Waals surface area (Å²) in [5.41, 5.74) is 0. The highest BCUT2D eigenvalue weighted by Crippen LogP contribution is 2.17. The molecule has 1 heterocycles. The predicted octanol–water partition coefficient (Wildman–Crippen LogP) is 2.95. The lowest BCUT2D eigenvalue weighted by Gasteiger charge is -2.17. The lowest BCUT2D eigenvalue weighted by molar-refractivity contribution is 0.155. The van der Waals surface area contributed by atoms with Crippen molar-refractivity contribution < 1.29 is 9.15 Å². The minimum Gasteiger partial charge on any atom is -0.469 e. The van der Waals surface area contributed by atoms with Gasteiger partial charge in [0.1, 0.15) is 5.76 Å². The first-order valence-corrected chi connectivity index (χ1v) is 8.03. The molecule has 0 atom stereocenters. The summed E-state index contributed by atoms with van der Waals surface area (Å²) in [5, 5.41) is 6.91. The third-order valence-corrected chi connectivity index (χ3v) is 3.65. The van der Waals surface area contributed by atoms with Crippen LogP contribution in [0.1, 0.15) is 38.4 Å². The number of guanidine groups is 1. The van der Waals surface area contributed by atoms with E-state index in [1.54, 1.807) is 6.26 Å². The van der Waals surface area contributed by atoms with E-state index in [2.05, 4.69) is 15.6 Å². The first-order valence-electron chi connectivity index (χ1n) is 8.03. The zero-order chi connectivity index (χ0) is 14.8. The molecule has 126 valence electrons. The molecule has 0 radical (unpaired) electrons. The zero-order valence-corrected chi connectivity index (χ0v) is 15.7. The van der Waals surface area contributed by atoms with E-state index < -0.39 is 0 Å². The highest BCUT2D eigenvalue weighted by Gasteiger charge is 2.15. The third-order valence-electron chi connectivity index (χ3n) is 3.65. The van der Waals surface area contributed by atoms with E-state index in [4.69, 9.17) is 9.15 Å². The van der Waals surface area contributed by atoms with E-state index >= 15 is 0 Å². The van der Waals surface area contributed by atoms with Gasteiger partial charge in [-0.05, 0) is 31.9 Å². The van der Waals surface area contributed by atoms with E-state index in [1.165, 1.54) is 25.7 Å². The topological polar surface area (TPSA) is 58.8 Å². The molecule has 1 aliphatic rings. The van der Waals surface area contributed by atoms with Gasteiger partial charge in [0.2, 0.25) is 0 Å². The lowest BCUT2D eigenvalue weighted by atomic mass is 10.2. The quantitative estimate of drug-likeness (QED) is 0.293. The molecule has 6 heteroatoms. The van der Waals surface area contributed by atoms with Gasteiger partial charge in [0, 0.05) is 25.6 Å². The standard InChI is InChI=1S/C16H27N3O2.HI/c1-2-20-13-11-18-16(19-14-6-3-4-7-14)17-10-9-15-8-5-12-21-15;/h5,8,12,14H,2-4,6-7,9-11,13H2,1H3,(H2,17,18,19);1H. The van der Waals surface area contributed by atoms with E-state index in [1.807, 2.05) is 19.1 Å². The summed E-state index contributed by atoms with van der Waals surface area (Å²) in [4.78, 5) is 4.58. The number of hydrogen-bond donors (Lipinski definition) is 2. The lowest BCUT2D eigenvalue weighted by Crippen LogP contribution is -2.43. The van der Waals surface area contributed by atoms with E-state index in [0.29, 0.717) is 19.2 Å². The molecule has 22 heavy (non-hydrogen) atoms. The van der Waals surface area contributed by atoms with Crippen molar-refractivity contribution >= 4 is 29.9 Å². The molecule has 2 rings (SSSR count). The molecule has 0 spiro atoms. The molecule has 0 bridgehead atoms. The average molecular weight is 421 g/mol. The highest BCUT2D eigenvalue weighted by molar-refractivity contribution is 14.0. The SMILES string of the molecule is CCOCCN=C(NCCc1ccco1)NC1CCCC1.I. The van der Waals surface area contributed by atoms with Crippen LogP contribution in [-0.4, -0.2) is 38.3 Å². The molecular weight excluding hydrogens is 393 g/mol. The molecular formula is C16H28IN3O2. The summed E-state index contributed by atoms with van der Waals surface area (Å²) in [5.74, 6) is 1.89. The summed E-state index contributed by atoms with van der Waals surface area (Å²) in [6, 6.07) is 4.48. The fourth-order valence-corrected chi connectivity index (χ4v) is 2.54. The number of hydrogen-bond acceptors (Lipinski definition) is 3. The van der Waals surface area contributed by atoms with Crippen molar-refractivity contribution in [3.05, 3.63) is 24.2 Å². The molecule has 0 saturated heterocycles. The van der Waals surface area contributed by atoms with Crippen LogP contribution in [0.25, 0.3) is 0 Å². The van der Waals surface area contributed by atoms with E-state index in [0.717, 1.165) is 31.3 Å². The van der Waals surface area contributed by atoms with Gasteiger partial charge in [-0.2, -0.15) is 0 Å². The smallest absolute Gasteiger partial charge is 0.191 e. The van der Waals surface area contributed by atoms with Crippen molar-refractivity contribution in [2.24, 2.45) is 4.99 Å². The monoisotopic (exact) mass is 421 g/mol. The first kappa shape index (κ1) is 19.3. The second-order valence-corrected chi connectivity index (χ2v) is 5.31. The van der Waals surface area contributed by atoms with Gasteiger partial charge in [0.05, 0.1) is 19.4 Å². The second-order valence-electron chi connectivity index (χ2n) is 5.31. The Kier molecular flexibility index (Phi) is 10.3. The van der Waals surface area contributed by atoms with Crippen molar-refractivity contribution in [3.8, 4) is 0 Å². The van der Waals surface area contributed by atoms with Crippen LogP contribution in [0, 0.1) is 0 Å². The Bertz CT molecular complexity index is 404. The van der Waals surface area contributed by atoms with Crippen molar-refractivity contribution in [3.63, 3.8) is 0 Å². The molecule has 0 aliphatic heterocycles. The molecule has 0 unspecified atom stereocenters. The maximum atomic E-state index is 5.34. The van der Waals surface area contributed by atoms with E-state index in [9.17, 15) is 0 Å². The van der Waals surface area contributed by atoms with Crippen LogP contribution in [0.3, 0.4) is 0 Å². The van der Waals surface area contributed by atoms with Gasteiger partial charge < -0.3 is 19.8 Å². The maximum absolute atomic E-state index is 5.34. The summed E-state index contributed by atoms with van der Waals surface area (Å²) in [6.45, 7) is 4.93. The molecule has 1 aromatic rings. The Morgan fingerprint density at radius 3 is 2.91 bits per heavy atom. The number of aliphatic imine (C=N–C) groups is 1. The summed E-state index contributed by atoms with van der Waals surface area (Å²) < 4.78 is 10.7. The molecule has 5 nitrogen and oxygen atoms in total. The van der Waals surface area contributed by atoms with Gasteiger partial charge in [0.15, 0.2) is 5.96 Å². The van der Waals surface area contributed by atoms with Gasteiger partial charge in [-0.1, -0.05) is 12.8 Å². The van der Waals surface area contributed by atoms with Gasteiger partial charge >= 0.3 is 0 Å². The number of halogens is 1. The minimum atomic E-state index is 0. The Morgan fingerprint density at radius 2 is 2.23 bits per heavy atom. The number of furan rings is 1. The van der Waals surface area contributed by atoms with Gasteiger partial charge in [-0.3, -0.25) is 4.99 Å². The van der Waals surface area contributed by atoms with Crippen molar-refractivity contribution in [2.45, 2.75) is 45.1 Å². The first-order chi connectivity index (χ1) is 10.4. The normalized spacial score (nSPS) is 15.6. The average Bonchev–Trinajstić information content (AvgIpc) is 3.16. The summed E-state index contributed by atoms with van der Waals surface area (Å²) >= 11 is 0. The highest BCUT2D eigenvalue weighted by atomic mass is 127. The van der Waals surface area contributed by atoms with Crippen molar-refractivity contribution in [2.75, 3.05) is 26.3 Å². The van der Waals surface area contributed by atoms with E-state index in [-0.39, 0.29) is 24.0 Å². The number of nitrogens with zero attached hydrogens (tertiary/aromatic N) is 1. The predicted molar refractivity (Wildman–Crippen MR) is 100 cm³/mol. The Hall–Kier alpha value is -0.760. The van der Waals surface area contributed by atoms with Crippen LogP contribution in [0.5, 0.6) is 0 Å². The van der Waals surface area contributed by atoms with Crippen molar-refractivity contribution in [1.29, 1.82) is 0 Å². The largest absolute Gasteiger partial charge is 0.469 e. The van der Waals surface area contributed by atoms with Crippen LogP contribution in [0.15, 0.2) is 27.8 Å². The Morgan fingerprint density at radius 1 is 1.41 bits per heavy atom. The Balaban J connectivity index is 0.00000242. The molecule has 0 aromatic carbocycles. The molecule has 0 amide bonds. The number of nitrogens with one attached hydrogen (secondary N) is 2. The molecule has 1 saturated carbocycles. The van der Waals surface area contributed by atoms with Gasteiger partial charge in [-0.15, -0.1) is 24.0 Å². The van der Waals surface area contributed by atoms with Crippen LogP contribution in [-0.2, 0) is 11.2 Å². The summed E-state index contributed by atoms with van der Waals surface area (Å²) in [7, 11) is 0. The molecule has 1 aromatic heterocycles. The fraction of sp³-hybridized carbons (Fsp3) is 0.688. The van der Waals surface area contributed by atoms with Crippen LogP contribution >= 0.6 is 24.0 Å². The Labute approximate surface area is 150 Å². The van der Waals surface area contributed by atoms with Crippen molar-refractivity contribution in [1.82, 2.24) is 10.6 Å². The maximum Gasteiger partial charge on any atom is 0.191 e. The van der Waals surface area contributed by atoms with Crippen LogP contribution in [0.4, 0.5) is 0 Å². The molecule has 2 N–H and O–H groups in total. The van der Waals surface area contributed by atoms with Crippen LogP contribution in [0.2, 0.25) is 0 Å². The fourth-order valence-electron chi connectivity index (χ4n) is 2.54. The summed E-state index contributed by atoms with van der Waals surface area (Å²) in [6.07, 6.45) is 7.69. The third kappa shape index (κ3) is 7.49.